The summed E-state index contributed by atoms with van der Waals surface area (Å²) in [7, 11) is -1.46. The number of ether oxygens (including phenoxy) is 12. The second-order valence-corrected chi connectivity index (χ2v) is 16.3. The Morgan fingerprint density at radius 2 is 0.686 bits per heavy atom. The average molecular weight is 752 g/mol. The lowest BCUT2D eigenvalue weighted by Gasteiger charge is -2.16. The number of benzene rings is 1. The number of hydrogen-bond donors (Lipinski definition) is 1. The molecule has 0 heterocycles. The van der Waals surface area contributed by atoms with Crippen LogP contribution in [-0.4, -0.2) is 173 Å². The third kappa shape index (κ3) is 36.4. The Hall–Kier alpha value is -1.77. The monoisotopic (exact) mass is 751 g/mol. The molecule has 0 aliphatic carbocycles. The van der Waals surface area contributed by atoms with E-state index in [0.29, 0.717) is 164 Å². The predicted octanol–water partition coefficient (Wildman–Crippen LogP) is 3.06. The molecule has 298 valence electrons. The molecule has 16 heteroatoms. The summed E-state index contributed by atoms with van der Waals surface area (Å²) in [6.07, 6.45) is 0. The maximum absolute atomic E-state index is 11.0. The highest BCUT2D eigenvalue weighted by Gasteiger charge is 2.13. The number of carbonyl (C=O) groups excluding carboxylic acids is 1. The molecule has 0 aliphatic rings. The Balaban J connectivity index is 1.65. The van der Waals surface area contributed by atoms with Gasteiger partial charge in [-0.05, 0) is 43.9 Å². The SMILES string of the molecule is CC(=O)Nc1ccc(OCCOCCOCCOCCOCCOCCOCCOCCOCCOCCOCCOCCO[Si](C)(C)C)cc1. The van der Waals surface area contributed by atoms with Gasteiger partial charge in [-0.2, -0.15) is 0 Å². The van der Waals surface area contributed by atoms with Crippen LogP contribution in [0.3, 0.4) is 0 Å². The van der Waals surface area contributed by atoms with Gasteiger partial charge in [0.25, 0.3) is 0 Å². The Kier molecular flexibility index (Phi) is 32.7. The van der Waals surface area contributed by atoms with Crippen LogP contribution < -0.4 is 10.1 Å². The number of rotatable bonds is 39. The van der Waals surface area contributed by atoms with E-state index in [9.17, 15) is 4.79 Å². The first-order valence-electron chi connectivity index (χ1n) is 17.9. The van der Waals surface area contributed by atoms with Gasteiger partial charge in [-0.3, -0.25) is 4.79 Å². The Labute approximate surface area is 306 Å². The number of carbonyl (C=O) groups is 1. The summed E-state index contributed by atoms with van der Waals surface area (Å²) in [6.45, 7) is 20.2. The molecule has 0 radical (unpaired) electrons. The van der Waals surface area contributed by atoms with Gasteiger partial charge in [0.15, 0.2) is 8.32 Å². The lowest BCUT2D eigenvalue weighted by Crippen LogP contribution is -2.27. The third-order valence-electron chi connectivity index (χ3n) is 6.15. The minimum absolute atomic E-state index is 0.108. The molecule has 1 rings (SSSR count). The second-order valence-electron chi connectivity index (χ2n) is 11.8. The van der Waals surface area contributed by atoms with Gasteiger partial charge >= 0.3 is 0 Å². The molecular weight excluding hydrogens is 686 g/mol. The molecule has 51 heavy (non-hydrogen) atoms. The van der Waals surface area contributed by atoms with Crippen LogP contribution in [0.2, 0.25) is 19.6 Å². The van der Waals surface area contributed by atoms with E-state index in [1.165, 1.54) is 6.92 Å². The van der Waals surface area contributed by atoms with Crippen molar-refractivity contribution in [3.8, 4) is 5.75 Å². The van der Waals surface area contributed by atoms with Gasteiger partial charge in [-0.25, -0.2) is 0 Å². The van der Waals surface area contributed by atoms with Gasteiger partial charge in [0.05, 0.1) is 152 Å². The maximum Gasteiger partial charge on any atom is 0.221 e. The van der Waals surface area contributed by atoms with Crippen molar-refractivity contribution in [3.05, 3.63) is 24.3 Å². The van der Waals surface area contributed by atoms with Crippen LogP contribution in [0.4, 0.5) is 5.69 Å². The van der Waals surface area contributed by atoms with E-state index in [1.54, 1.807) is 24.3 Å². The van der Waals surface area contributed by atoms with E-state index in [2.05, 4.69) is 25.0 Å². The number of hydrogen-bond acceptors (Lipinski definition) is 14. The van der Waals surface area contributed by atoms with Crippen molar-refractivity contribution < 1.29 is 66.1 Å². The molecule has 0 aliphatic heterocycles. The van der Waals surface area contributed by atoms with E-state index < -0.39 is 8.32 Å². The van der Waals surface area contributed by atoms with Crippen LogP contribution >= 0.6 is 0 Å². The van der Waals surface area contributed by atoms with Crippen LogP contribution in [0.1, 0.15) is 6.92 Å². The van der Waals surface area contributed by atoms with E-state index in [1.807, 2.05) is 0 Å². The minimum atomic E-state index is -1.46. The first-order valence-corrected chi connectivity index (χ1v) is 21.3. The summed E-state index contributed by atoms with van der Waals surface area (Å²) in [4.78, 5) is 11.0. The molecule has 0 saturated heterocycles. The molecule has 0 spiro atoms. The molecule has 0 fully saturated rings. The molecule has 0 atom stereocenters. The summed E-state index contributed by atoms with van der Waals surface area (Å²) in [5.74, 6) is 0.608. The summed E-state index contributed by atoms with van der Waals surface area (Å²) in [5.41, 5.74) is 0.731. The van der Waals surface area contributed by atoms with Crippen LogP contribution in [0.15, 0.2) is 24.3 Å². The Morgan fingerprint density at radius 1 is 0.431 bits per heavy atom. The Morgan fingerprint density at radius 3 is 0.941 bits per heavy atom. The molecule has 1 aromatic carbocycles. The molecular formula is C35H65NO14Si. The smallest absolute Gasteiger partial charge is 0.221 e. The van der Waals surface area contributed by atoms with Crippen molar-refractivity contribution in [2.45, 2.75) is 26.6 Å². The molecule has 0 bridgehead atoms. The first-order chi connectivity index (χ1) is 24.9. The number of nitrogens with one attached hydrogen (secondary N) is 1. The zero-order valence-electron chi connectivity index (χ0n) is 31.5. The third-order valence-corrected chi connectivity index (χ3v) is 7.22. The van der Waals surface area contributed by atoms with E-state index in [0.717, 1.165) is 5.69 Å². The van der Waals surface area contributed by atoms with Crippen molar-refractivity contribution in [3.63, 3.8) is 0 Å². The maximum atomic E-state index is 11.0. The highest BCUT2D eigenvalue weighted by Crippen LogP contribution is 2.15. The van der Waals surface area contributed by atoms with Gasteiger partial charge < -0.3 is 66.6 Å². The fourth-order valence-electron chi connectivity index (χ4n) is 3.76. The van der Waals surface area contributed by atoms with Crippen molar-refractivity contribution in [2.75, 3.05) is 164 Å². The molecule has 1 aromatic rings. The van der Waals surface area contributed by atoms with Crippen LogP contribution in [0.25, 0.3) is 0 Å². The van der Waals surface area contributed by atoms with Crippen LogP contribution in [-0.2, 0) is 61.3 Å². The minimum Gasteiger partial charge on any atom is -0.491 e. The van der Waals surface area contributed by atoms with Gasteiger partial charge in [0, 0.05) is 12.6 Å². The summed E-state index contributed by atoms with van der Waals surface area (Å²) in [6, 6.07) is 7.18. The second kappa shape index (κ2) is 35.3. The quantitative estimate of drug-likeness (QED) is 0.0776. The number of anilines is 1. The topological polar surface area (TPSA) is 149 Å². The summed E-state index contributed by atoms with van der Waals surface area (Å²) < 4.78 is 71.7. The van der Waals surface area contributed by atoms with Crippen molar-refractivity contribution in [2.24, 2.45) is 0 Å². The fraction of sp³-hybridized carbons (Fsp3) is 0.800. The summed E-state index contributed by atoms with van der Waals surface area (Å²) >= 11 is 0. The molecule has 0 unspecified atom stereocenters. The van der Waals surface area contributed by atoms with Crippen molar-refractivity contribution in [1.82, 2.24) is 0 Å². The van der Waals surface area contributed by atoms with Crippen LogP contribution in [0.5, 0.6) is 5.75 Å². The van der Waals surface area contributed by atoms with E-state index in [-0.39, 0.29) is 5.91 Å². The van der Waals surface area contributed by atoms with E-state index >= 15 is 0 Å². The zero-order valence-corrected chi connectivity index (χ0v) is 32.5. The number of amides is 1. The predicted molar refractivity (Wildman–Crippen MR) is 195 cm³/mol. The van der Waals surface area contributed by atoms with Gasteiger partial charge in [-0.1, -0.05) is 0 Å². The van der Waals surface area contributed by atoms with Gasteiger partial charge in [0.1, 0.15) is 12.4 Å². The standard InChI is InChI=1S/C35H65NO14Si/c1-33(37)36-34-5-7-35(8-6-34)49-31-29-47-27-25-45-23-21-43-19-17-41-15-13-39-11-9-38-10-12-40-14-16-42-18-20-44-22-24-46-26-28-48-30-32-50-51(2,3)4/h5-8H,9-32H2,1-4H3,(H,36,37). The largest absolute Gasteiger partial charge is 0.491 e. The summed E-state index contributed by atoms with van der Waals surface area (Å²) in [5, 5.41) is 2.71. The van der Waals surface area contributed by atoms with Gasteiger partial charge in [0.2, 0.25) is 5.91 Å². The van der Waals surface area contributed by atoms with E-state index in [4.69, 9.17) is 61.3 Å². The fourth-order valence-corrected chi connectivity index (χ4v) is 4.46. The lowest BCUT2D eigenvalue weighted by atomic mass is 10.3. The molecule has 0 aromatic heterocycles. The Bertz CT molecular complexity index is 894. The van der Waals surface area contributed by atoms with Gasteiger partial charge in [-0.15, -0.1) is 0 Å². The molecule has 0 saturated carbocycles. The van der Waals surface area contributed by atoms with Crippen molar-refractivity contribution in [1.29, 1.82) is 0 Å². The van der Waals surface area contributed by atoms with Crippen molar-refractivity contribution >= 4 is 19.9 Å². The molecule has 15 nitrogen and oxygen atoms in total. The zero-order chi connectivity index (χ0) is 36.9. The normalized spacial score (nSPS) is 11.7. The average Bonchev–Trinajstić information content (AvgIpc) is 3.09. The van der Waals surface area contributed by atoms with Crippen LogP contribution in [0, 0.1) is 0 Å². The highest BCUT2D eigenvalue weighted by molar-refractivity contribution is 6.69. The molecule has 1 amide bonds. The lowest BCUT2D eigenvalue weighted by molar-refractivity contribution is -0.114. The first kappa shape index (κ1) is 47.2. The highest BCUT2D eigenvalue weighted by atomic mass is 28.4. The molecule has 1 N–H and O–H groups in total.